The molecule has 2 fully saturated rings. The van der Waals surface area contributed by atoms with E-state index in [1.165, 1.54) is 0 Å². The minimum Gasteiger partial charge on any atom is -0.496 e. The van der Waals surface area contributed by atoms with Gasteiger partial charge in [-0.05, 0) is 24.6 Å². The molecule has 1 N–H and O–H groups in total. The van der Waals surface area contributed by atoms with Crippen LogP contribution in [0.3, 0.4) is 0 Å². The van der Waals surface area contributed by atoms with E-state index in [1.807, 2.05) is 18.2 Å². The Kier molecular flexibility index (Phi) is 4.83. The summed E-state index contributed by atoms with van der Waals surface area (Å²) in [5, 5.41) is 9.69. The fourth-order valence-electron chi connectivity index (χ4n) is 3.65. The Balaban J connectivity index is 1.77. The van der Waals surface area contributed by atoms with Crippen LogP contribution in [0.4, 0.5) is 0 Å². The molecule has 3 rings (SSSR count). The van der Waals surface area contributed by atoms with E-state index in [0.717, 1.165) is 10.0 Å². The molecule has 2 heterocycles. The lowest BCUT2D eigenvalue weighted by atomic mass is 9.74. The summed E-state index contributed by atoms with van der Waals surface area (Å²) in [5.74, 6) is -0.399. The number of benzene rings is 1. The van der Waals surface area contributed by atoms with E-state index in [9.17, 15) is 14.7 Å². The molecule has 0 saturated carbocycles. The lowest BCUT2D eigenvalue weighted by Crippen LogP contribution is -2.45. The molecule has 2 aliphatic rings. The van der Waals surface area contributed by atoms with Crippen molar-refractivity contribution in [1.82, 2.24) is 4.90 Å². The van der Waals surface area contributed by atoms with Gasteiger partial charge in [-0.2, -0.15) is 0 Å². The van der Waals surface area contributed by atoms with Gasteiger partial charge in [0.2, 0.25) is 5.91 Å². The van der Waals surface area contributed by atoms with Crippen LogP contribution >= 0.6 is 15.9 Å². The van der Waals surface area contributed by atoms with Gasteiger partial charge in [-0.25, -0.2) is 0 Å². The molecule has 0 bridgehead atoms. The SMILES string of the molecule is COc1ccc(Br)cc1CC(=O)N1C[C@H]2COCC[C@@]2(C(=O)O)C1. The van der Waals surface area contributed by atoms with E-state index < -0.39 is 11.4 Å². The molecule has 0 spiro atoms. The second-order valence-corrected chi connectivity index (χ2v) is 7.31. The standard InChI is InChI=1S/C17H20BrNO5/c1-23-14-3-2-13(18)6-11(14)7-15(20)19-8-12-9-24-5-4-17(12,10-19)16(21)22/h2-3,6,12H,4-5,7-10H2,1H3,(H,21,22)/t12-,17+/m0/s1. The van der Waals surface area contributed by atoms with E-state index in [0.29, 0.717) is 31.9 Å². The van der Waals surface area contributed by atoms with Crippen LogP contribution in [0.1, 0.15) is 12.0 Å². The molecule has 0 aliphatic carbocycles. The van der Waals surface area contributed by atoms with Crippen molar-refractivity contribution in [2.24, 2.45) is 11.3 Å². The molecule has 24 heavy (non-hydrogen) atoms. The zero-order valence-electron chi connectivity index (χ0n) is 13.5. The van der Waals surface area contributed by atoms with Crippen molar-refractivity contribution in [3.63, 3.8) is 0 Å². The van der Waals surface area contributed by atoms with Crippen molar-refractivity contribution < 1.29 is 24.2 Å². The third-order valence-electron chi connectivity index (χ3n) is 5.07. The average Bonchev–Trinajstić information content (AvgIpc) is 2.96. The lowest BCUT2D eigenvalue weighted by molar-refractivity contribution is -0.157. The second-order valence-electron chi connectivity index (χ2n) is 6.39. The van der Waals surface area contributed by atoms with Crippen molar-refractivity contribution in [3.8, 4) is 5.75 Å². The first-order valence-electron chi connectivity index (χ1n) is 7.87. The molecule has 1 aromatic rings. The van der Waals surface area contributed by atoms with Gasteiger partial charge in [-0.1, -0.05) is 15.9 Å². The van der Waals surface area contributed by atoms with Crippen LogP contribution in [0.25, 0.3) is 0 Å². The van der Waals surface area contributed by atoms with E-state index >= 15 is 0 Å². The Morgan fingerprint density at radius 1 is 1.50 bits per heavy atom. The Morgan fingerprint density at radius 2 is 2.29 bits per heavy atom. The molecule has 0 unspecified atom stereocenters. The molecule has 7 heteroatoms. The number of carboxylic acid groups (broad SMARTS) is 1. The van der Waals surface area contributed by atoms with Gasteiger partial charge in [0.15, 0.2) is 0 Å². The molecule has 2 aliphatic heterocycles. The van der Waals surface area contributed by atoms with Gasteiger partial charge in [0.05, 0.1) is 25.6 Å². The van der Waals surface area contributed by atoms with Crippen LogP contribution in [0.2, 0.25) is 0 Å². The number of aliphatic carboxylic acids is 1. The van der Waals surface area contributed by atoms with Crippen LogP contribution in [0, 0.1) is 11.3 Å². The summed E-state index contributed by atoms with van der Waals surface area (Å²) in [6.07, 6.45) is 0.642. The first-order valence-corrected chi connectivity index (χ1v) is 8.67. The predicted octanol–water partition coefficient (Wildman–Crippen LogP) is 1.95. The summed E-state index contributed by atoms with van der Waals surface area (Å²) in [4.78, 5) is 26.2. The largest absolute Gasteiger partial charge is 0.496 e. The highest BCUT2D eigenvalue weighted by molar-refractivity contribution is 9.10. The van der Waals surface area contributed by atoms with Gasteiger partial charge in [0.1, 0.15) is 5.75 Å². The summed E-state index contributed by atoms with van der Waals surface area (Å²) >= 11 is 3.40. The molecule has 130 valence electrons. The highest BCUT2D eigenvalue weighted by Gasteiger charge is 2.54. The number of fused-ring (bicyclic) bond motifs is 1. The zero-order valence-corrected chi connectivity index (χ0v) is 15.0. The summed E-state index contributed by atoms with van der Waals surface area (Å²) < 4.78 is 11.6. The van der Waals surface area contributed by atoms with Gasteiger partial charge < -0.3 is 19.5 Å². The highest BCUT2D eigenvalue weighted by atomic mass is 79.9. The highest BCUT2D eigenvalue weighted by Crippen LogP contribution is 2.42. The van der Waals surface area contributed by atoms with Crippen LogP contribution in [-0.4, -0.2) is 55.3 Å². The average molecular weight is 398 g/mol. The molecule has 2 atom stereocenters. The Bertz CT molecular complexity index is 664. The number of hydrogen-bond acceptors (Lipinski definition) is 4. The van der Waals surface area contributed by atoms with Crippen molar-refractivity contribution in [2.45, 2.75) is 12.8 Å². The first-order chi connectivity index (χ1) is 11.5. The number of carbonyl (C=O) groups is 2. The number of hydrogen-bond donors (Lipinski definition) is 1. The fraction of sp³-hybridized carbons (Fsp3) is 0.529. The molecule has 0 radical (unpaired) electrons. The molecular weight excluding hydrogens is 378 g/mol. The first kappa shape index (κ1) is 17.2. The Hall–Kier alpha value is -1.60. The van der Waals surface area contributed by atoms with Crippen molar-refractivity contribution >= 4 is 27.8 Å². The van der Waals surface area contributed by atoms with Crippen LogP contribution in [-0.2, 0) is 20.7 Å². The zero-order chi connectivity index (χ0) is 17.3. The maximum absolute atomic E-state index is 12.7. The van der Waals surface area contributed by atoms with Crippen LogP contribution in [0.5, 0.6) is 5.75 Å². The van der Waals surface area contributed by atoms with Crippen molar-refractivity contribution in [2.75, 3.05) is 33.4 Å². The molecule has 0 aromatic heterocycles. The summed E-state index contributed by atoms with van der Waals surface area (Å²) in [7, 11) is 1.57. The van der Waals surface area contributed by atoms with Gasteiger partial charge >= 0.3 is 5.97 Å². The van der Waals surface area contributed by atoms with Crippen molar-refractivity contribution in [1.29, 1.82) is 0 Å². The van der Waals surface area contributed by atoms with Gasteiger partial charge in [0.25, 0.3) is 0 Å². The van der Waals surface area contributed by atoms with E-state index in [4.69, 9.17) is 9.47 Å². The van der Waals surface area contributed by atoms with Gasteiger partial charge in [0, 0.05) is 35.7 Å². The number of carbonyl (C=O) groups excluding carboxylic acids is 1. The van der Waals surface area contributed by atoms with Crippen LogP contribution < -0.4 is 4.74 Å². The quantitative estimate of drug-likeness (QED) is 0.839. The lowest BCUT2D eigenvalue weighted by Gasteiger charge is -2.33. The number of amides is 1. The number of rotatable bonds is 4. The van der Waals surface area contributed by atoms with Crippen molar-refractivity contribution in [3.05, 3.63) is 28.2 Å². The summed E-state index contributed by atoms with van der Waals surface area (Å²) in [6, 6.07) is 5.52. The number of ether oxygens (including phenoxy) is 2. The van der Waals surface area contributed by atoms with Gasteiger partial charge in [-0.15, -0.1) is 0 Å². The number of likely N-dealkylation sites (tertiary alicyclic amines) is 1. The number of methoxy groups -OCH3 is 1. The maximum Gasteiger partial charge on any atom is 0.311 e. The van der Waals surface area contributed by atoms with E-state index in [1.54, 1.807) is 12.0 Å². The smallest absolute Gasteiger partial charge is 0.311 e. The minimum absolute atomic E-state index is 0.0820. The third kappa shape index (κ3) is 3.02. The fourth-order valence-corrected chi connectivity index (χ4v) is 4.06. The molecule has 1 amide bonds. The second kappa shape index (κ2) is 6.72. The van der Waals surface area contributed by atoms with E-state index in [2.05, 4.69) is 15.9 Å². The molecular formula is C17H20BrNO5. The topological polar surface area (TPSA) is 76.1 Å². The number of halogens is 1. The normalized spacial score (nSPS) is 26.1. The monoisotopic (exact) mass is 397 g/mol. The minimum atomic E-state index is -0.866. The molecule has 2 saturated heterocycles. The summed E-state index contributed by atoms with van der Waals surface area (Å²) in [6.45, 7) is 1.52. The molecule has 6 nitrogen and oxygen atoms in total. The number of carboxylic acids is 1. The predicted molar refractivity (Wildman–Crippen MR) is 90.0 cm³/mol. The maximum atomic E-state index is 12.7. The van der Waals surface area contributed by atoms with Crippen LogP contribution in [0.15, 0.2) is 22.7 Å². The Labute approximate surface area is 148 Å². The number of nitrogens with zero attached hydrogens (tertiary/aromatic N) is 1. The molecule has 1 aromatic carbocycles. The Morgan fingerprint density at radius 3 is 2.96 bits per heavy atom. The van der Waals surface area contributed by atoms with Gasteiger partial charge in [-0.3, -0.25) is 9.59 Å². The van der Waals surface area contributed by atoms with E-state index in [-0.39, 0.29) is 24.8 Å². The third-order valence-corrected chi connectivity index (χ3v) is 5.56. The summed E-state index contributed by atoms with van der Waals surface area (Å²) in [5.41, 5.74) is -0.0812.